The van der Waals surface area contributed by atoms with Crippen LogP contribution in [0.3, 0.4) is 0 Å². The first-order chi connectivity index (χ1) is 12.5. The Kier molecular flexibility index (Phi) is 3.92. The third kappa shape index (κ3) is 2.63. The number of hydrogen-bond acceptors (Lipinski definition) is 5. The molecule has 4 rings (SSSR count). The van der Waals surface area contributed by atoms with E-state index in [1.165, 1.54) is 12.1 Å². The lowest BCUT2D eigenvalue weighted by Crippen LogP contribution is -1.93. The van der Waals surface area contributed by atoms with Crippen LogP contribution in [0.25, 0.3) is 22.4 Å². The Hall–Kier alpha value is -2.86. The first-order valence-corrected chi connectivity index (χ1v) is 8.53. The van der Waals surface area contributed by atoms with Crippen LogP contribution in [0, 0.1) is 0 Å². The van der Waals surface area contributed by atoms with E-state index in [-0.39, 0.29) is 29.2 Å². The van der Waals surface area contributed by atoms with Crippen molar-refractivity contribution < 1.29 is 19.7 Å². The molecule has 1 aliphatic rings. The van der Waals surface area contributed by atoms with Gasteiger partial charge >= 0.3 is 0 Å². The summed E-state index contributed by atoms with van der Waals surface area (Å²) in [5.41, 5.74) is 3.62. The van der Waals surface area contributed by atoms with Crippen molar-refractivity contribution in [2.75, 3.05) is 6.79 Å². The Labute approximate surface area is 155 Å². The van der Waals surface area contributed by atoms with Crippen molar-refractivity contribution in [1.29, 1.82) is 0 Å². The number of halogens is 1. The Morgan fingerprint density at radius 2 is 1.85 bits per heavy atom. The first-order valence-electron chi connectivity index (χ1n) is 8.16. The summed E-state index contributed by atoms with van der Waals surface area (Å²) in [7, 11) is 0. The minimum Gasteiger partial charge on any atom is -0.507 e. The van der Waals surface area contributed by atoms with E-state index in [9.17, 15) is 10.2 Å². The van der Waals surface area contributed by atoms with E-state index in [0.717, 1.165) is 16.8 Å². The quantitative estimate of drug-likeness (QED) is 0.622. The first kappa shape index (κ1) is 16.6. The van der Waals surface area contributed by atoms with Gasteiger partial charge < -0.3 is 19.7 Å². The van der Waals surface area contributed by atoms with Gasteiger partial charge in [0.15, 0.2) is 11.5 Å². The average molecular weight is 373 g/mol. The van der Waals surface area contributed by atoms with Gasteiger partial charge in [0, 0.05) is 22.9 Å². The zero-order chi connectivity index (χ0) is 18.4. The van der Waals surface area contributed by atoms with Crippen LogP contribution in [0.1, 0.15) is 25.5 Å². The van der Waals surface area contributed by atoms with Crippen LogP contribution in [0.5, 0.6) is 23.0 Å². The second-order valence-electron chi connectivity index (χ2n) is 6.40. The molecule has 134 valence electrons. The van der Waals surface area contributed by atoms with E-state index >= 15 is 0 Å². The number of nitrogens with zero attached hydrogens (tertiary/aromatic N) is 1. The lowest BCUT2D eigenvalue weighted by molar-refractivity contribution is 0.174. The van der Waals surface area contributed by atoms with Crippen LogP contribution in [-0.4, -0.2) is 27.2 Å². The molecule has 1 aliphatic heterocycles. The van der Waals surface area contributed by atoms with Crippen LogP contribution >= 0.6 is 11.6 Å². The number of aromatic nitrogens is 2. The summed E-state index contributed by atoms with van der Waals surface area (Å²) in [6.07, 6.45) is 0. The highest BCUT2D eigenvalue weighted by molar-refractivity contribution is 6.32. The van der Waals surface area contributed by atoms with Crippen LogP contribution in [0.15, 0.2) is 30.3 Å². The molecule has 7 heteroatoms. The van der Waals surface area contributed by atoms with E-state index in [1.54, 1.807) is 0 Å². The Morgan fingerprint density at radius 3 is 2.62 bits per heavy atom. The number of aromatic hydroxyl groups is 2. The van der Waals surface area contributed by atoms with Gasteiger partial charge in [-0.3, -0.25) is 5.10 Å². The summed E-state index contributed by atoms with van der Waals surface area (Å²) in [5.74, 6) is 1.25. The van der Waals surface area contributed by atoms with Gasteiger partial charge in [-0.1, -0.05) is 31.5 Å². The highest BCUT2D eigenvalue weighted by atomic mass is 35.5. The number of phenolic OH excluding ortho intramolecular Hbond substituents is 2. The second kappa shape index (κ2) is 6.14. The summed E-state index contributed by atoms with van der Waals surface area (Å²) in [6, 6.07) is 8.38. The lowest BCUT2D eigenvalue weighted by Gasteiger charge is -2.11. The van der Waals surface area contributed by atoms with Gasteiger partial charge in [-0.2, -0.15) is 5.10 Å². The van der Waals surface area contributed by atoms with Crippen LogP contribution in [0.2, 0.25) is 5.02 Å². The van der Waals surface area contributed by atoms with E-state index in [1.807, 2.05) is 18.2 Å². The number of H-pyrrole nitrogens is 1. The zero-order valence-corrected chi connectivity index (χ0v) is 15.0. The molecule has 0 amide bonds. The molecule has 0 fully saturated rings. The molecule has 6 nitrogen and oxygen atoms in total. The van der Waals surface area contributed by atoms with Gasteiger partial charge in [-0.05, 0) is 29.7 Å². The predicted octanol–water partition coefficient (Wildman–Crippen LogP) is 4.66. The normalized spacial score (nSPS) is 12.8. The predicted molar refractivity (Wildman–Crippen MR) is 98.0 cm³/mol. The molecule has 0 unspecified atom stereocenters. The van der Waals surface area contributed by atoms with Crippen LogP contribution < -0.4 is 9.47 Å². The van der Waals surface area contributed by atoms with E-state index in [2.05, 4.69) is 24.0 Å². The Morgan fingerprint density at radius 1 is 1.08 bits per heavy atom. The number of benzene rings is 2. The molecule has 0 bridgehead atoms. The third-order valence-corrected chi connectivity index (χ3v) is 4.66. The number of ether oxygens (including phenoxy) is 2. The van der Waals surface area contributed by atoms with Gasteiger partial charge in [-0.25, -0.2) is 0 Å². The fourth-order valence-electron chi connectivity index (χ4n) is 3.05. The summed E-state index contributed by atoms with van der Waals surface area (Å²) in [6.45, 7) is 4.30. The number of fused-ring (bicyclic) bond motifs is 1. The smallest absolute Gasteiger partial charge is 0.231 e. The molecule has 3 N–H and O–H groups in total. The third-order valence-electron chi connectivity index (χ3n) is 4.35. The fourth-order valence-corrected chi connectivity index (χ4v) is 3.22. The number of phenols is 2. The second-order valence-corrected chi connectivity index (χ2v) is 6.81. The molecule has 26 heavy (non-hydrogen) atoms. The summed E-state index contributed by atoms with van der Waals surface area (Å²) in [5, 5.41) is 27.6. The minimum atomic E-state index is -0.183. The van der Waals surface area contributed by atoms with Crippen LogP contribution in [0.4, 0.5) is 0 Å². The molecule has 0 atom stereocenters. The van der Waals surface area contributed by atoms with Gasteiger partial charge in [0.1, 0.15) is 17.2 Å². The molecule has 1 aromatic heterocycles. The van der Waals surface area contributed by atoms with E-state index in [4.69, 9.17) is 21.1 Å². The zero-order valence-electron chi connectivity index (χ0n) is 14.2. The molecule has 0 saturated carbocycles. The van der Waals surface area contributed by atoms with Crippen molar-refractivity contribution >= 4 is 11.6 Å². The number of rotatable bonds is 3. The topological polar surface area (TPSA) is 87.6 Å². The molecule has 0 radical (unpaired) electrons. The molecule has 3 aromatic rings. The van der Waals surface area contributed by atoms with Crippen molar-refractivity contribution in [2.45, 2.75) is 19.8 Å². The number of hydrogen-bond donors (Lipinski definition) is 3. The van der Waals surface area contributed by atoms with Crippen molar-refractivity contribution in [3.63, 3.8) is 0 Å². The summed E-state index contributed by atoms with van der Waals surface area (Å²) >= 11 is 6.04. The Balaban J connectivity index is 1.94. The highest BCUT2D eigenvalue weighted by Crippen LogP contribution is 2.44. The van der Waals surface area contributed by atoms with Crippen LogP contribution in [-0.2, 0) is 0 Å². The minimum absolute atomic E-state index is 0.101. The molecule has 2 aromatic carbocycles. The molecule has 0 spiro atoms. The maximum Gasteiger partial charge on any atom is 0.231 e. The molecule has 0 saturated heterocycles. The van der Waals surface area contributed by atoms with Gasteiger partial charge in [0.2, 0.25) is 6.79 Å². The van der Waals surface area contributed by atoms with E-state index in [0.29, 0.717) is 22.8 Å². The summed E-state index contributed by atoms with van der Waals surface area (Å²) in [4.78, 5) is 0. The SMILES string of the molecule is CC(C)c1[nH]nc(-c2cc(Cl)c(O)cc2O)c1-c1ccc2c(c1)OCO2. The van der Waals surface area contributed by atoms with Crippen molar-refractivity contribution in [3.8, 4) is 45.4 Å². The maximum absolute atomic E-state index is 10.3. The Bertz CT molecular complexity index is 997. The monoisotopic (exact) mass is 372 g/mol. The molecular formula is C19H17ClN2O4. The number of nitrogens with one attached hydrogen (secondary N) is 1. The van der Waals surface area contributed by atoms with Crippen molar-refractivity contribution in [2.24, 2.45) is 0 Å². The maximum atomic E-state index is 10.3. The average Bonchev–Trinajstić information content (AvgIpc) is 3.23. The number of aromatic amines is 1. The van der Waals surface area contributed by atoms with Gasteiger partial charge in [0.05, 0.1) is 5.02 Å². The van der Waals surface area contributed by atoms with Crippen molar-refractivity contribution in [3.05, 3.63) is 41.0 Å². The molecule has 2 heterocycles. The fraction of sp³-hybridized carbons (Fsp3) is 0.211. The lowest BCUT2D eigenvalue weighted by atomic mass is 9.94. The standard InChI is InChI=1S/C19H17ClN2O4/c1-9(2)18-17(10-3-4-15-16(5-10)26-8-25-15)19(22-21-18)11-6-12(20)14(24)7-13(11)23/h3-7,9,23-24H,8H2,1-2H3,(H,21,22). The molecular weight excluding hydrogens is 356 g/mol. The highest BCUT2D eigenvalue weighted by Gasteiger charge is 2.24. The van der Waals surface area contributed by atoms with Crippen molar-refractivity contribution in [1.82, 2.24) is 10.2 Å². The van der Waals surface area contributed by atoms with E-state index < -0.39 is 0 Å². The largest absolute Gasteiger partial charge is 0.507 e. The molecule has 0 aliphatic carbocycles. The summed E-state index contributed by atoms with van der Waals surface area (Å²) < 4.78 is 10.9. The van der Waals surface area contributed by atoms with Gasteiger partial charge in [0.25, 0.3) is 0 Å². The van der Waals surface area contributed by atoms with Gasteiger partial charge in [-0.15, -0.1) is 0 Å².